The minimum Gasteiger partial charge on any atom is -0.394 e. The number of carbonyl (C=O) groups excluding carboxylic acids is 1. The highest BCUT2D eigenvalue weighted by molar-refractivity contribution is 5.81. The van der Waals surface area contributed by atoms with Crippen LogP contribution in [0.1, 0.15) is 12.8 Å². The van der Waals surface area contributed by atoms with Crippen LogP contribution >= 0.6 is 0 Å². The third kappa shape index (κ3) is 1.91. The van der Waals surface area contributed by atoms with Gasteiger partial charge in [0, 0.05) is 13.1 Å². The molecule has 0 aliphatic carbocycles. The van der Waals surface area contributed by atoms with Crippen molar-refractivity contribution in [2.75, 3.05) is 19.7 Å². The van der Waals surface area contributed by atoms with Crippen molar-refractivity contribution < 1.29 is 9.90 Å². The number of hydrogen-bond acceptors (Lipinski definition) is 3. The third-order valence-corrected chi connectivity index (χ3v) is 1.93. The molecule has 4 nitrogen and oxygen atoms in total. The molecule has 0 radical (unpaired) electrons. The van der Waals surface area contributed by atoms with Gasteiger partial charge in [-0.05, 0) is 12.8 Å². The zero-order valence-corrected chi connectivity index (χ0v) is 6.49. The second kappa shape index (κ2) is 3.69. The van der Waals surface area contributed by atoms with E-state index in [2.05, 4.69) is 0 Å². The highest BCUT2D eigenvalue weighted by Gasteiger charge is 2.22. The Balaban J connectivity index is 2.39. The number of rotatable bonds is 2. The lowest BCUT2D eigenvalue weighted by atomic mass is 10.3. The lowest BCUT2D eigenvalue weighted by molar-refractivity contribution is -0.132. The van der Waals surface area contributed by atoms with Gasteiger partial charge in [-0.15, -0.1) is 0 Å². The van der Waals surface area contributed by atoms with Crippen LogP contribution in [0.3, 0.4) is 0 Å². The summed E-state index contributed by atoms with van der Waals surface area (Å²) in [5.74, 6) is -0.120. The van der Waals surface area contributed by atoms with E-state index < -0.39 is 6.04 Å². The van der Waals surface area contributed by atoms with Crippen LogP contribution in [0.15, 0.2) is 0 Å². The number of carbonyl (C=O) groups is 1. The van der Waals surface area contributed by atoms with E-state index in [1.165, 1.54) is 0 Å². The Morgan fingerprint density at radius 1 is 1.55 bits per heavy atom. The fraction of sp³-hybridized carbons (Fsp3) is 0.857. The normalized spacial score (nSPS) is 20.4. The second-order valence-electron chi connectivity index (χ2n) is 2.82. The van der Waals surface area contributed by atoms with Gasteiger partial charge in [0.05, 0.1) is 6.61 Å². The maximum Gasteiger partial charge on any atom is 0.241 e. The lowest BCUT2D eigenvalue weighted by Crippen LogP contribution is -2.44. The Hall–Kier alpha value is -0.610. The number of amides is 1. The van der Waals surface area contributed by atoms with Gasteiger partial charge in [-0.3, -0.25) is 4.79 Å². The maximum atomic E-state index is 11.2. The van der Waals surface area contributed by atoms with E-state index in [1.54, 1.807) is 4.90 Å². The second-order valence-corrected chi connectivity index (χ2v) is 2.82. The Morgan fingerprint density at radius 3 is 2.55 bits per heavy atom. The first kappa shape index (κ1) is 8.49. The van der Waals surface area contributed by atoms with E-state index in [4.69, 9.17) is 10.8 Å². The molecule has 1 aliphatic rings. The van der Waals surface area contributed by atoms with Crippen LogP contribution in [0.25, 0.3) is 0 Å². The van der Waals surface area contributed by atoms with Crippen molar-refractivity contribution in [3.63, 3.8) is 0 Å². The highest BCUT2D eigenvalue weighted by Crippen LogP contribution is 2.07. The molecule has 4 heteroatoms. The molecule has 0 unspecified atom stereocenters. The molecular weight excluding hydrogens is 144 g/mol. The van der Waals surface area contributed by atoms with Gasteiger partial charge < -0.3 is 15.7 Å². The number of aliphatic hydroxyl groups excluding tert-OH is 1. The molecule has 1 amide bonds. The summed E-state index contributed by atoms with van der Waals surface area (Å²) in [6, 6.07) is -0.715. The fourth-order valence-corrected chi connectivity index (χ4v) is 1.25. The minimum atomic E-state index is -0.715. The van der Waals surface area contributed by atoms with Gasteiger partial charge in [0.2, 0.25) is 5.91 Å². The molecule has 0 aromatic heterocycles. The lowest BCUT2D eigenvalue weighted by Gasteiger charge is -2.18. The molecule has 3 N–H and O–H groups in total. The molecule has 1 atom stereocenters. The topological polar surface area (TPSA) is 66.6 Å². The largest absolute Gasteiger partial charge is 0.394 e. The monoisotopic (exact) mass is 158 g/mol. The molecule has 1 rings (SSSR count). The standard InChI is InChI=1S/C7H14N2O2/c8-6(5-10)7(11)9-3-1-2-4-9/h6,10H,1-5,8H2/t6-/m1/s1. The van der Waals surface area contributed by atoms with E-state index in [9.17, 15) is 4.79 Å². The number of aliphatic hydroxyl groups is 1. The summed E-state index contributed by atoms with van der Waals surface area (Å²) in [7, 11) is 0. The molecule has 64 valence electrons. The van der Waals surface area contributed by atoms with Crippen molar-refractivity contribution in [1.29, 1.82) is 0 Å². The zero-order valence-electron chi connectivity index (χ0n) is 6.49. The fourth-order valence-electron chi connectivity index (χ4n) is 1.25. The molecule has 1 saturated heterocycles. The Labute approximate surface area is 66.0 Å². The maximum absolute atomic E-state index is 11.2. The molecule has 1 aliphatic heterocycles. The molecular formula is C7H14N2O2. The van der Waals surface area contributed by atoms with Crippen molar-refractivity contribution >= 4 is 5.91 Å². The SMILES string of the molecule is N[C@H](CO)C(=O)N1CCCC1. The van der Waals surface area contributed by atoms with Crippen molar-refractivity contribution in [3.8, 4) is 0 Å². The number of nitrogens with zero attached hydrogens (tertiary/aromatic N) is 1. The van der Waals surface area contributed by atoms with Crippen LogP contribution in [-0.2, 0) is 4.79 Å². The van der Waals surface area contributed by atoms with Crippen LogP contribution in [0.2, 0.25) is 0 Å². The van der Waals surface area contributed by atoms with Crippen LogP contribution in [0.5, 0.6) is 0 Å². The molecule has 0 spiro atoms. The first-order chi connectivity index (χ1) is 5.25. The van der Waals surface area contributed by atoms with Gasteiger partial charge in [0.1, 0.15) is 6.04 Å². The summed E-state index contributed by atoms with van der Waals surface area (Å²) < 4.78 is 0. The highest BCUT2D eigenvalue weighted by atomic mass is 16.3. The smallest absolute Gasteiger partial charge is 0.241 e. The Bertz CT molecular complexity index is 143. The molecule has 0 aromatic rings. The van der Waals surface area contributed by atoms with Gasteiger partial charge in [-0.25, -0.2) is 0 Å². The van der Waals surface area contributed by atoms with Crippen LogP contribution < -0.4 is 5.73 Å². The van der Waals surface area contributed by atoms with E-state index >= 15 is 0 Å². The molecule has 1 heterocycles. The van der Waals surface area contributed by atoms with Gasteiger partial charge in [0.15, 0.2) is 0 Å². The average Bonchev–Trinajstić information content (AvgIpc) is 2.53. The van der Waals surface area contributed by atoms with Crippen LogP contribution in [0.4, 0.5) is 0 Å². The van der Waals surface area contributed by atoms with E-state index in [0.29, 0.717) is 0 Å². The predicted octanol–water partition coefficient (Wildman–Crippen LogP) is -1.07. The summed E-state index contributed by atoms with van der Waals surface area (Å²) in [5.41, 5.74) is 5.36. The molecule has 0 saturated carbocycles. The first-order valence-corrected chi connectivity index (χ1v) is 3.91. The summed E-state index contributed by atoms with van der Waals surface area (Å²) in [6.45, 7) is 1.34. The van der Waals surface area contributed by atoms with Gasteiger partial charge in [-0.1, -0.05) is 0 Å². The number of nitrogens with two attached hydrogens (primary N) is 1. The first-order valence-electron chi connectivity index (χ1n) is 3.91. The summed E-state index contributed by atoms with van der Waals surface area (Å²) in [5, 5.41) is 8.59. The van der Waals surface area contributed by atoms with E-state index in [0.717, 1.165) is 25.9 Å². The van der Waals surface area contributed by atoms with E-state index in [-0.39, 0.29) is 12.5 Å². The number of likely N-dealkylation sites (tertiary alicyclic amines) is 1. The number of hydrogen-bond donors (Lipinski definition) is 2. The molecule has 1 fully saturated rings. The predicted molar refractivity (Wildman–Crippen MR) is 40.9 cm³/mol. The van der Waals surface area contributed by atoms with Gasteiger partial charge in [-0.2, -0.15) is 0 Å². The molecule has 0 bridgehead atoms. The summed E-state index contributed by atoms with van der Waals surface area (Å²) in [4.78, 5) is 12.9. The van der Waals surface area contributed by atoms with Crippen molar-refractivity contribution in [2.24, 2.45) is 5.73 Å². The van der Waals surface area contributed by atoms with Gasteiger partial charge >= 0.3 is 0 Å². The quantitative estimate of drug-likeness (QED) is 0.537. The van der Waals surface area contributed by atoms with Gasteiger partial charge in [0.25, 0.3) is 0 Å². The Kier molecular flexibility index (Phi) is 2.84. The summed E-state index contributed by atoms with van der Waals surface area (Å²) in [6.07, 6.45) is 2.12. The molecule has 0 aromatic carbocycles. The zero-order chi connectivity index (χ0) is 8.27. The van der Waals surface area contributed by atoms with Crippen LogP contribution in [-0.4, -0.2) is 41.7 Å². The minimum absolute atomic E-state index is 0.120. The van der Waals surface area contributed by atoms with Crippen molar-refractivity contribution in [2.45, 2.75) is 18.9 Å². The summed E-state index contributed by atoms with van der Waals surface area (Å²) >= 11 is 0. The van der Waals surface area contributed by atoms with Crippen LogP contribution in [0, 0.1) is 0 Å². The van der Waals surface area contributed by atoms with E-state index in [1.807, 2.05) is 0 Å². The average molecular weight is 158 g/mol. The third-order valence-electron chi connectivity index (χ3n) is 1.93. The Morgan fingerprint density at radius 2 is 2.09 bits per heavy atom. The van der Waals surface area contributed by atoms with Crippen molar-refractivity contribution in [1.82, 2.24) is 4.90 Å². The molecule has 11 heavy (non-hydrogen) atoms. The van der Waals surface area contributed by atoms with Crippen molar-refractivity contribution in [3.05, 3.63) is 0 Å².